The molecule has 7 heteroatoms. The molecule has 0 bridgehead atoms. The Morgan fingerprint density at radius 3 is 2.56 bits per heavy atom. The van der Waals surface area contributed by atoms with Crippen LogP contribution in [-0.2, 0) is 6.61 Å². The Balaban J connectivity index is 1.74. The third kappa shape index (κ3) is 4.95. The smallest absolute Gasteiger partial charge is 0.354 e. The van der Waals surface area contributed by atoms with Crippen molar-refractivity contribution < 1.29 is 19.0 Å². The highest BCUT2D eigenvalue weighted by Gasteiger charge is 2.21. The average Bonchev–Trinajstić information content (AvgIpc) is 2.79. The van der Waals surface area contributed by atoms with Gasteiger partial charge in [-0.3, -0.25) is 0 Å². The molecule has 1 N–H and O–H groups in total. The second-order valence-corrected chi connectivity index (χ2v) is 8.39. The highest BCUT2D eigenvalue weighted by atomic mass is 35.5. The second kappa shape index (κ2) is 9.72. The first kappa shape index (κ1) is 22.3. The minimum atomic E-state index is -1.06. The van der Waals surface area contributed by atoms with Gasteiger partial charge in [0.05, 0.1) is 10.7 Å². The normalized spacial score (nSPS) is 13.8. The summed E-state index contributed by atoms with van der Waals surface area (Å²) in [6.45, 7) is 0.170. The monoisotopic (exact) mass is 471 g/mol. The van der Waals surface area contributed by atoms with E-state index >= 15 is 0 Å². The first-order valence-electron chi connectivity index (χ1n) is 10.2. The highest BCUT2D eigenvalue weighted by Crippen LogP contribution is 2.42. The molecule has 0 radical (unpaired) electrons. The molecule has 1 aliphatic carbocycles. The maximum atomic E-state index is 13.4. The molecule has 2 aromatic carbocycles. The minimum Gasteiger partial charge on any atom is -0.488 e. The largest absolute Gasteiger partial charge is 0.488 e. The van der Waals surface area contributed by atoms with Crippen LogP contribution < -0.4 is 4.74 Å². The van der Waals surface area contributed by atoms with Crippen LogP contribution in [0.15, 0.2) is 54.6 Å². The molecule has 0 spiro atoms. The van der Waals surface area contributed by atoms with E-state index in [2.05, 4.69) is 4.98 Å². The van der Waals surface area contributed by atoms with Gasteiger partial charge in [0, 0.05) is 16.1 Å². The van der Waals surface area contributed by atoms with E-state index in [-0.39, 0.29) is 12.3 Å². The Hall–Kier alpha value is -2.89. The zero-order valence-electron chi connectivity index (χ0n) is 17.1. The fourth-order valence-corrected chi connectivity index (χ4v) is 4.26. The van der Waals surface area contributed by atoms with Gasteiger partial charge in [0.1, 0.15) is 23.9 Å². The van der Waals surface area contributed by atoms with E-state index in [1.807, 2.05) is 12.1 Å². The fraction of sp³-hybridized carbons (Fsp3) is 0.200. The van der Waals surface area contributed by atoms with Crippen molar-refractivity contribution in [3.05, 3.63) is 93.0 Å². The molecule has 1 aliphatic rings. The van der Waals surface area contributed by atoms with Gasteiger partial charge in [-0.25, -0.2) is 14.2 Å². The zero-order valence-corrected chi connectivity index (χ0v) is 18.6. The van der Waals surface area contributed by atoms with Crippen molar-refractivity contribution in [2.45, 2.75) is 32.3 Å². The van der Waals surface area contributed by atoms with Crippen molar-refractivity contribution in [3.63, 3.8) is 0 Å². The molecule has 1 aromatic heterocycles. The Morgan fingerprint density at radius 2 is 1.81 bits per heavy atom. The molecular formula is C25H20Cl2FNO3. The molecular weight excluding hydrogens is 452 g/mol. The van der Waals surface area contributed by atoms with Crippen molar-refractivity contribution in [1.82, 2.24) is 4.98 Å². The maximum Gasteiger partial charge on any atom is 0.354 e. The summed E-state index contributed by atoms with van der Waals surface area (Å²) in [5.41, 5.74) is 4.19. The minimum absolute atomic E-state index is 0.00782. The van der Waals surface area contributed by atoms with Gasteiger partial charge in [-0.05, 0) is 79.3 Å². The number of hydrogen-bond acceptors (Lipinski definition) is 3. The second-order valence-electron chi connectivity index (χ2n) is 7.54. The quantitative estimate of drug-likeness (QED) is 0.409. The SMILES string of the molecule is O=C(O)c1cccc(C2=C(c3cc(Cl)ccc3OCc3ccc(F)cc3Cl)CCCC2)n1. The lowest BCUT2D eigenvalue weighted by atomic mass is 9.85. The Labute approximate surface area is 195 Å². The van der Waals surface area contributed by atoms with Crippen LogP contribution in [0.1, 0.15) is 53.0 Å². The van der Waals surface area contributed by atoms with Gasteiger partial charge in [0.25, 0.3) is 0 Å². The summed E-state index contributed by atoms with van der Waals surface area (Å²) >= 11 is 12.5. The van der Waals surface area contributed by atoms with Crippen molar-refractivity contribution >= 4 is 40.3 Å². The van der Waals surface area contributed by atoms with Crippen LogP contribution in [0.4, 0.5) is 4.39 Å². The van der Waals surface area contributed by atoms with Crippen LogP contribution in [-0.4, -0.2) is 16.1 Å². The number of nitrogens with zero attached hydrogens (tertiary/aromatic N) is 1. The van der Waals surface area contributed by atoms with Gasteiger partial charge in [-0.15, -0.1) is 0 Å². The topological polar surface area (TPSA) is 59.4 Å². The number of allylic oxidation sites excluding steroid dienone is 2. The summed E-state index contributed by atoms with van der Waals surface area (Å²) in [4.78, 5) is 15.8. The Kier molecular flexibility index (Phi) is 6.77. The maximum absolute atomic E-state index is 13.4. The first-order valence-corrected chi connectivity index (χ1v) is 11.0. The first-order chi connectivity index (χ1) is 15.4. The summed E-state index contributed by atoms with van der Waals surface area (Å²) in [6.07, 6.45) is 3.55. The number of carboxylic acids is 1. The van der Waals surface area contributed by atoms with Gasteiger partial charge in [0.15, 0.2) is 0 Å². The summed E-state index contributed by atoms with van der Waals surface area (Å²) in [5.74, 6) is -0.842. The number of aromatic carboxylic acids is 1. The standard InChI is InChI=1S/C25H20Cl2FNO3/c26-16-9-11-24(32-14-15-8-10-17(28)13-21(15)27)20(12-16)18-4-1-2-5-19(18)22-6-3-7-23(29-22)25(30)31/h3,6-13H,1-2,4-5,14H2,(H,30,31). The molecule has 0 fully saturated rings. The molecule has 1 heterocycles. The Morgan fingerprint density at radius 1 is 1.03 bits per heavy atom. The Bertz CT molecular complexity index is 1210. The number of aromatic nitrogens is 1. The molecule has 3 aromatic rings. The van der Waals surface area contributed by atoms with Gasteiger partial charge in [-0.1, -0.05) is 35.3 Å². The molecule has 0 saturated carbocycles. The lowest BCUT2D eigenvalue weighted by Crippen LogP contribution is -2.07. The lowest BCUT2D eigenvalue weighted by Gasteiger charge is -2.23. The number of ether oxygens (including phenoxy) is 1. The predicted octanol–water partition coefficient (Wildman–Crippen LogP) is 7.29. The number of pyridine rings is 1. The van der Waals surface area contributed by atoms with Gasteiger partial charge in [-0.2, -0.15) is 0 Å². The van der Waals surface area contributed by atoms with Crippen molar-refractivity contribution in [3.8, 4) is 5.75 Å². The van der Waals surface area contributed by atoms with Crippen molar-refractivity contribution in [1.29, 1.82) is 0 Å². The summed E-state index contributed by atoms with van der Waals surface area (Å²) < 4.78 is 19.4. The van der Waals surface area contributed by atoms with Crippen LogP contribution >= 0.6 is 23.2 Å². The van der Waals surface area contributed by atoms with Crippen LogP contribution in [0.25, 0.3) is 11.1 Å². The number of benzene rings is 2. The van der Waals surface area contributed by atoms with E-state index in [0.29, 0.717) is 27.1 Å². The number of hydrogen-bond donors (Lipinski definition) is 1. The van der Waals surface area contributed by atoms with Gasteiger partial charge < -0.3 is 9.84 Å². The van der Waals surface area contributed by atoms with E-state index < -0.39 is 11.8 Å². The van der Waals surface area contributed by atoms with Crippen molar-refractivity contribution in [2.75, 3.05) is 0 Å². The number of halogens is 3. The summed E-state index contributed by atoms with van der Waals surface area (Å²) in [6, 6.07) is 14.6. The van der Waals surface area contributed by atoms with E-state index in [4.69, 9.17) is 27.9 Å². The van der Waals surface area contributed by atoms with E-state index in [1.165, 1.54) is 18.2 Å². The molecule has 164 valence electrons. The molecule has 4 nitrogen and oxygen atoms in total. The summed E-state index contributed by atoms with van der Waals surface area (Å²) in [5, 5.41) is 10.2. The molecule has 0 saturated heterocycles. The highest BCUT2D eigenvalue weighted by molar-refractivity contribution is 6.31. The van der Waals surface area contributed by atoms with Crippen molar-refractivity contribution in [2.24, 2.45) is 0 Å². The van der Waals surface area contributed by atoms with E-state index in [9.17, 15) is 14.3 Å². The van der Waals surface area contributed by atoms with Crippen LogP contribution in [0.3, 0.4) is 0 Å². The number of carboxylic acid groups (broad SMARTS) is 1. The molecule has 32 heavy (non-hydrogen) atoms. The van der Waals surface area contributed by atoms with Gasteiger partial charge in [0.2, 0.25) is 0 Å². The third-order valence-electron chi connectivity index (χ3n) is 5.41. The van der Waals surface area contributed by atoms with E-state index in [1.54, 1.807) is 24.3 Å². The molecule has 0 atom stereocenters. The lowest BCUT2D eigenvalue weighted by molar-refractivity contribution is 0.0690. The molecule has 0 unspecified atom stereocenters. The summed E-state index contributed by atoms with van der Waals surface area (Å²) in [7, 11) is 0. The molecule has 0 amide bonds. The fourth-order valence-electron chi connectivity index (χ4n) is 3.87. The van der Waals surface area contributed by atoms with E-state index in [0.717, 1.165) is 42.4 Å². The van der Waals surface area contributed by atoms with Crippen LogP contribution in [0.2, 0.25) is 10.0 Å². The molecule has 4 rings (SSSR count). The van der Waals surface area contributed by atoms with Crippen LogP contribution in [0.5, 0.6) is 5.75 Å². The zero-order chi connectivity index (χ0) is 22.7. The molecule has 0 aliphatic heterocycles. The average molecular weight is 472 g/mol. The predicted molar refractivity (Wildman–Crippen MR) is 124 cm³/mol. The van der Waals surface area contributed by atoms with Gasteiger partial charge >= 0.3 is 5.97 Å². The van der Waals surface area contributed by atoms with Crippen LogP contribution in [0, 0.1) is 5.82 Å². The third-order valence-corrected chi connectivity index (χ3v) is 6.00. The number of carbonyl (C=O) groups is 1. The number of rotatable bonds is 6.